The van der Waals surface area contributed by atoms with Crippen LogP contribution in [0.3, 0.4) is 0 Å². The Hall–Kier alpha value is -3.72. The highest BCUT2D eigenvalue weighted by Gasteiger charge is 2.17. The smallest absolute Gasteiger partial charge is 0.261 e. The van der Waals surface area contributed by atoms with E-state index in [1.54, 1.807) is 6.33 Å². The lowest BCUT2D eigenvalue weighted by Crippen LogP contribution is -2.25. The molecule has 0 saturated carbocycles. The second-order valence-corrected chi connectivity index (χ2v) is 8.83. The summed E-state index contributed by atoms with van der Waals surface area (Å²) in [5.41, 5.74) is 2.17. The summed E-state index contributed by atoms with van der Waals surface area (Å²) in [6, 6.07) is 18.8. The van der Waals surface area contributed by atoms with E-state index in [0.717, 1.165) is 11.0 Å². The quantitative estimate of drug-likeness (QED) is 0.398. The Morgan fingerprint density at radius 3 is 2.47 bits per heavy atom. The molecular weight excluding hydrogens is 431 g/mol. The van der Waals surface area contributed by atoms with Gasteiger partial charge in [0.1, 0.15) is 5.82 Å². The third-order valence-corrected chi connectivity index (χ3v) is 6.32. The molecule has 1 aromatic heterocycles. The van der Waals surface area contributed by atoms with Crippen molar-refractivity contribution in [2.45, 2.75) is 17.9 Å². The van der Waals surface area contributed by atoms with Crippen LogP contribution in [0.15, 0.2) is 84.0 Å². The van der Waals surface area contributed by atoms with Gasteiger partial charge in [0.15, 0.2) is 0 Å². The van der Waals surface area contributed by atoms with Crippen molar-refractivity contribution < 1.29 is 17.6 Å². The first-order valence-corrected chi connectivity index (χ1v) is 11.5. The Morgan fingerprint density at radius 1 is 0.969 bits per heavy atom. The number of halogens is 1. The Bertz CT molecular complexity index is 1350. The van der Waals surface area contributed by atoms with Crippen molar-refractivity contribution in [3.63, 3.8) is 0 Å². The topological polar surface area (TPSA) is 93.1 Å². The van der Waals surface area contributed by atoms with Crippen molar-refractivity contribution in [3.05, 3.63) is 90.5 Å². The summed E-state index contributed by atoms with van der Waals surface area (Å²) < 4.78 is 42.9. The van der Waals surface area contributed by atoms with Crippen LogP contribution < -0.4 is 10.0 Å². The van der Waals surface area contributed by atoms with E-state index in [0.29, 0.717) is 25.1 Å². The molecule has 4 aromatic rings. The molecule has 0 unspecified atom stereocenters. The number of nitrogens with zero attached hydrogens (tertiary/aromatic N) is 2. The number of para-hydroxylation sites is 3. The van der Waals surface area contributed by atoms with Crippen LogP contribution in [0, 0.1) is 5.82 Å². The lowest BCUT2D eigenvalue weighted by Gasteiger charge is -2.10. The van der Waals surface area contributed by atoms with Crippen molar-refractivity contribution in [3.8, 4) is 0 Å². The van der Waals surface area contributed by atoms with Gasteiger partial charge in [0.25, 0.3) is 15.9 Å². The number of anilines is 1. The average Bonchev–Trinajstić information content (AvgIpc) is 3.21. The molecule has 164 valence electrons. The van der Waals surface area contributed by atoms with E-state index in [-0.39, 0.29) is 16.5 Å². The predicted octanol–water partition coefficient (Wildman–Crippen LogP) is 3.80. The summed E-state index contributed by atoms with van der Waals surface area (Å²) >= 11 is 0. The molecule has 4 rings (SSSR count). The van der Waals surface area contributed by atoms with Gasteiger partial charge in [0.2, 0.25) is 0 Å². The van der Waals surface area contributed by atoms with Gasteiger partial charge >= 0.3 is 0 Å². The van der Waals surface area contributed by atoms with Gasteiger partial charge in [-0.3, -0.25) is 9.52 Å². The van der Waals surface area contributed by atoms with Gasteiger partial charge in [0.05, 0.1) is 27.9 Å². The molecule has 7 nitrogen and oxygen atoms in total. The fourth-order valence-electron chi connectivity index (χ4n) is 3.27. The Labute approximate surface area is 185 Å². The van der Waals surface area contributed by atoms with Gasteiger partial charge < -0.3 is 9.88 Å². The number of carbonyl (C=O) groups is 1. The van der Waals surface area contributed by atoms with Crippen LogP contribution in [0.4, 0.5) is 10.1 Å². The number of hydrogen-bond donors (Lipinski definition) is 2. The van der Waals surface area contributed by atoms with Gasteiger partial charge in [-0.2, -0.15) is 0 Å². The fourth-order valence-corrected chi connectivity index (χ4v) is 4.34. The summed E-state index contributed by atoms with van der Waals surface area (Å²) in [6.07, 6.45) is 2.49. The lowest BCUT2D eigenvalue weighted by atomic mass is 10.2. The van der Waals surface area contributed by atoms with Crippen LogP contribution in [0.25, 0.3) is 11.0 Å². The molecule has 0 radical (unpaired) electrons. The maximum Gasteiger partial charge on any atom is 0.261 e. The second-order valence-electron chi connectivity index (χ2n) is 7.15. The first-order chi connectivity index (χ1) is 15.4. The first kappa shape index (κ1) is 21.5. The van der Waals surface area contributed by atoms with Crippen LogP contribution in [-0.4, -0.2) is 30.4 Å². The fraction of sp³-hybridized carbons (Fsp3) is 0.130. The Kier molecular flexibility index (Phi) is 6.18. The highest BCUT2D eigenvalue weighted by atomic mass is 32.2. The van der Waals surface area contributed by atoms with Crippen molar-refractivity contribution in [1.82, 2.24) is 14.9 Å². The van der Waals surface area contributed by atoms with E-state index in [1.165, 1.54) is 48.5 Å². The van der Waals surface area contributed by atoms with Crippen molar-refractivity contribution in [1.29, 1.82) is 0 Å². The summed E-state index contributed by atoms with van der Waals surface area (Å²) in [4.78, 5) is 16.6. The van der Waals surface area contributed by atoms with E-state index < -0.39 is 15.8 Å². The minimum Gasteiger partial charge on any atom is -0.352 e. The molecule has 0 aliphatic carbocycles. The number of benzene rings is 3. The van der Waals surface area contributed by atoms with E-state index in [1.807, 2.05) is 28.8 Å². The summed E-state index contributed by atoms with van der Waals surface area (Å²) in [6.45, 7) is 1.17. The summed E-state index contributed by atoms with van der Waals surface area (Å²) in [7, 11) is -3.97. The molecule has 0 aliphatic rings. The lowest BCUT2D eigenvalue weighted by molar-refractivity contribution is 0.0952. The highest BCUT2D eigenvalue weighted by Crippen LogP contribution is 2.19. The number of carbonyl (C=O) groups excluding carboxylic acids is 1. The molecule has 9 heteroatoms. The zero-order valence-corrected chi connectivity index (χ0v) is 17.8. The van der Waals surface area contributed by atoms with E-state index in [9.17, 15) is 17.6 Å². The molecule has 32 heavy (non-hydrogen) atoms. The SMILES string of the molecule is O=C(NCCCn1cnc2ccccc21)c1ccc(S(=O)(=O)Nc2ccccc2F)cc1. The zero-order valence-electron chi connectivity index (χ0n) is 17.0. The third kappa shape index (κ3) is 4.78. The number of aryl methyl sites for hydroxylation is 1. The Balaban J connectivity index is 1.32. The van der Waals surface area contributed by atoms with Gasteiger partial charge in [-0.15, -0.1) is 0 Å². The molecule has 0 spiro atoms. The minimum absolute atomic E-state index is 0.0655. The number of nitrogens with one attached hydrogen (secondary N) is 2. The van der Waals surface area contributed by atoms with E-state index in [2.05, 4.69) is 15.0 Å². The number of rotatable bonds is 8. The number of aromatic nitrogens is 2. The molecule has 0 atom stereocenters. The number of fused-ring (bicyclic) bond motifs is 1. The zero-order chi connectivity index (χ0) is 22.6. The largest absolute Gasteiger partial charge is 0.352 e. The molecule has 0 fully saturated rings. The molecule has 3 aromatic carbocycles. The number of hydrogen-bond acceptors (Lipinski definition) is 4. The van der Waals surface area contributed by atoms with Gasteiger partial charge in [-0.25, -0.2) is 17.8 Å². The van der Waals surface area contributed by atoms with E-state index in [4.69, 9.17) is 0 Å². The van der Waals surface area contributed by atoms with Crippen LogP contribution in [0.1, 0.15) is 16.8 Å². The number of sulfonamides is 1. The van der Waals surface area contributed by atoms with Crippen molar-refractivity contribution >= 4 is 32.7 Å². The molecule has 1 amide bonds. The van der Waals surface area contributed by atoms with Crippen LogP contribution >= 0.6 is 0 Å². The standard InChI is InChI=1S/C23H21FN4O3S/c24-19-6-1-2-7-20(19)27-32(30,31)18-12-10-17(11-13-18)23(29)25-14-5-15-28-16-26-21-8-3-4-9-22(21)28/h1-4,6-13,16,27H,5,14-15H2,(H,25,29). The predicted molar refractivity (Wildman–Crippen MR) is 120 cm³/mol. The highest BCUT2D eigenvalue weighted by molar-refractivity contribution is 7.92. The average molecular weight is 453 g/mol. The summed E-state index contributed by atoms with van der Waals surface area (Å²) in [5.74, 6) is -0.970. The summed E-state index contributed by atoms with van der Waals surface area (Å²) in [5, 5.41) is 2.83. The van der Waals surface area contributed by atoms with E-state index >= 15 is 0 Å². The maximum absolute atomic E-state index is 13.7. The molecule has 0 saturated heterocycles. The first-order valence-electron chi connectivity index (χ1n) is 9.99. The van der Waals surface area contributed by atoms with Gasteiger partial charge in [-0.1, -0.05) is 24.3 Å². The number of amides is 1. The minimum atomic E-state index is -3.97. The monoisotopic (exact) mass is 452 g/mol. The van der Waals surface area contributed by atoms with Crippen LogP contribution in [0.5, 0.6) is 0 Å². The number of imidazole rings is 1. The van der Waals surface area contributed by atoms with Gasteiger partial charge in [-0.05, 0) is 55.0 Å². The molecule has 0 bridgehead atoms. The maximum atomic E-state index is 13.7. The third-order valence-electron chi connectivity index (χ3n) is 4.93. The van der Waals surface area contributed by atoms with Crippen LogP contribution in [0.2, 0.25) is 0 Å². The second kappa shape index (κ2) is 9.19. The van der Waals surface area contributed by atoms with Gasteiger partial charge in [0, 0.05) is 18.7 Å². The molecular formula is C23H21FN4O3S. The van der Waals surface area contributed by atoms with Crippen LogP contribution in [-0.2, 0) is 16.6 Å². The normalized spacial score (nSPS) is 11.4. The van der Waals surface area contributed by atoms with Crippen molar-refractivity contribution in [2.75, 3.05) is 11.3 Å². The Morgan fingerprint density at radius 2 is 1.69 bits per heavy atom. The molecule has 2 N–H and O–H groups in total. The molecule has 0 aliphatic heterocycles. The molecule has 1 heterocycles. The van der Waals surface area contributed by atoms with Crippen molar-refractivity contribution in [2.24, 2.45) is 0 Å².